The van der Waals surface area contributed by atoms with Gasteiger partial charge in [0.2, 0.25) is 0 Å². The Bertz CT molecular complexity index is 950. The first-order valence-electron chi connectivity index (χ1n) is 8.78. The molecule has 2 aromatic carbocycles. The molecule has 0 aromatic heterocycles. The second-order valence-corrected chi connectivity index (χ2v) is 6.53. The molecule has 7 nitrogen and oxygen atoms in total. The lowest BCUT2D eigenvalue weighted by atomic mass is 9.90. The van der Waals surface area contributed by atoms with Crippen LogP contribution in [0.5, 0.6) is 0 Å². The lowest BCUT2D eigenvalue weighted by Gasteiger charge is -2.30. The van der Waals surface area contributed by atoms with Gasteiger partial charge in [-0.15, -0.1) is 0 Å². The molecule has 0 bridgehead atoms. The van der Waals surface area contributed by atoms with Gasteiger partial charge < -0.3 is 20.5 Å². The van der Waals surface area contributed by atoms with Crippen molar-refractivity contribution in [2.75, 3.05) is 0 Å². The van der Waals surface area contributed by atoms with Crippen LogP contribution < -0.4 is 10.6 Å². The fourth-order valence-electron chi connectivity index (χ4n) is 3.07. The zero-order chi connectivity index (χ0) is 20.3. The van der Waals surface area contributed by atoms with E-state index in [1.54, 1.807) is 56.3 Å². The SMILES string of the molecule is CC(C)OC(=O)C1=C(c2ccccc2)NC(=O)NC1c1ccccc1C(=O)O. The molecule has 2 amide bonds. The van der Waals surface area contributed by atoms with Gasteiger partial charge in [0.1, 0.15) is 0 Å². The van der Waals surface area contributed by atoms with E-state index in [9.17, 15) is 19.5 Å². The van der Waals surface area contributed by atoms with E-state index in [4.69, 9.17) is 4.74 Å². The Kier molecular flexibility index (Phi) is 5.44. The molecule has 0 radical (unpaired) electrons. The molecule has 7 heteroatoms. The topological polar surface area (TPSA) is 105 Å². The molecular weight excluding hydrogens is 360 g/mol. The molecule has 0 aliphatic carbocycles. The highest BCUT2D eigenvalue weighted by atomic mass is 16.5. The first-order valence-corrected chi connectivity index (χ1v) is 8.78. The van der Waals surface area contributed by atoms with Crippen molar-refractivity contribution in [3.63, 3.8) is 0 Å². The van der Waals surface area contributed by atoms with E-state index in [1.165, 1.54) is 6.07 Å². The Labute approximate surface area is 162 Å². The van der Waals surface area contributed by atoms with Gasteiger partial charge in [0.25, 0.3) is 0 Å². The van der Waals surface area contributed by atoms with Crippen molar-refractivity contribution < 1.29 is 24.2 Å². The number of esters is 1. The van der Waals surface area contributed by atoms with Crippen LogP contribution in [0.3, 0.4) is 0 Å². The van der Waals surface area contributed by atoms with Crippen LogP contribution in [0, 0.1) is 0 Å². The summed E-state index contributed by atoms with van der Waals surface area (Å²) in [5.41, 5.74) is 1.35. The number of hydrogen-bond acceptors (Lipinski definition) is 4. The Morgan fingerprint density at radius 1 is 1.04 bits per heavy atom. The number of nitrogens with one attached hydrogen (secondary N) is 2. The number of carboxylic acids is 1. The molecule has 1 unspecified atom stereocenters. The van der Waals surface area contributed by atoms with Gasteiger partial charge in [-0.3, -0.25) is 0 Å². The Morgan fingerprint density at radius 3 is 2.32 bits per heavy atom. The van der Waals surface area contributed by atoms with Gasteiger partial charge in [-0.05, 0) is 31.0 Å². The minimum absolute atomic E-state index is 0.00282. The van der Waals surface area contributed by atoms with Crippen LogP contribution in [0.15, 0.2) is 60.2 Å². The summed E-state index contributed by atoms with van der Waals surface area (Å²) < 4.78 is 5.39. The molecular formula is C21H20N2O5. The molecule has 0 fully saturated rings. The van der Waals surface area contributed by atoms with Crippen molar-refractivity contribution in [2.24, 2.45) is 0 Å². The Morgan fingerprint density at radius 2 is 1.68 bits per heavy atom. The van der Waals surface area contributed by atoms with Crippen LogP contribution in [0.4, 0.5) is 4.79 Å². The molecule has 0 saturated heterocycles. The highest BCUT2D eigenvalue weighted by Crippen LogP contribution is 2.33. The third kappa shape index (κ3) is 3.88. The van der Waals surface area contributed by atoms with Gasteiger partial charge in [-0.2, -0.15) is 0 Å². The highest BCUT2D eigenvalue weighted by molar-refractivity contribution is 6.05. The van der Waals surface area contributed by atoms with Crippen molar-refractivity contribution in [2.45, 2.75) is 26.0 Å². The molecule has 1 aliphatic heterocycles. The third-order valence-electron chi connectivity index (χ3n) is 4.20. The predicted molar refractivity (Wildman–Crippen MR) is 102 cm³/mol. The lowest BCUT2D eigenvalue weighted by Crippen LogP contribution is -2.46. The minimum atomic E-state index is -1.15. The molecule has 3 rings (SSSR count). The van der Waals surface area contributed by atoms with Crippen molar-refractivity contribution in [3.05, 3.63) is 76.9 Å². The summed E-state index contributed by atoms with van der Waals surface area (Å²) in [6.45, 7) is 3.44. The summed E-state index contributed by atoms with van der Waals surface area (Å²) in [7, 11) is 0. The van der Waals surface area contributed by atoms with Crippen molar-refractivity contribution >= 4 is 23.7 Å². The van der Waals surface area contributed by atoms with Gasteiger partial charge in [0, 0.05) is 0 Å². The minimum Gasteiger partial charge on any atom is -0.478 e. The van der Waals surface area contributed by atoms with Crippen molar-refractivity contribution in [3.8, 4) is 0 Å². The van der Waals surface area contributed by atoms with Crippen molar-refractivity contribution in [1.29, 1.82) is 0 Å². The number of rotatable bonds is 5. The molecule has 1 aliphatic rings. The average molecular weight is 380 g/mol. The number of aromatic carboxylic acids is 1. The highest BCUT2D eigenvalue weighted by Gasteiger charge is 2.36. The third-order valence-corrected chi connectivity index (χ3v) is 4.20. The molecule has 1 heterocycles. The van der Waals surface area contributed by atoms with Gasteiger partial charge in [0.15, 0.2) is 0 Å². The number of urea groups is 1. The fourth-order valence-corrected chi connectivity index (χ4v) is 3.07. The monoisotopic (exact) mass is 380 g/mol. The molecule has 28 heavy (non-hydrogen) atoms. The Hall–Kier alpha value is -3.61. The number of amides is 2. The first-order chi connectivity index (χ1) is 13.4. The standard InChI is InChI=1S/C21H20N2O5/c1-12(2)28-20(26)16-17(13-8-4-3-5-9-13)22-21(27)23-18(16)14-10-6-7-11-15(14)19(24)25/h3-12,18H,1-2H3,(H,24,25)(H2,22,23,27). The van der Waals surface area contributed by atoms with Crippen LogP contribution >= 0.6 is 0 Å². The second-order valence-electron chi connectivity index (χ2n) is 6.53. The molecule has 1 atom stereocenters. The molecule has 0 spiro atoms. The van der Waals surface area contributed by atoms with E-state index in [-0.39, 0.29) is 17.2 Å². The maximum Gasteiger partial charge on any atom is 0.338 e. The quantitative estimate of drug-likeness (QED) is 0.692. The molecule has 2 aromatic rings. The number of carboxylic acid groups (broad SMARTS) is 1. The van der Waals surface area contributed by atoms with Crippen LogP contribution in [0.1, 0.15) is 41.4 Å². The summed E-state index contributed by atoms with van der Waals surface area (Å²) in [6.07, 6.45) is -0.384. The zero-order valence-corrected chi connectivity index (χ0v) is 15.4. The Balaban J connectivity index is 2.24. The van der Waals surface area contributed by atoms with Crippen LogP contribution in [0.25, 0.3) is 5.70 Å². The van der Waals surface area contributed by atoms with Crippen LogP contribution in [0.2, 0.25) is 0 Å². The van der Waals surface area contributed by atoms with Gasteiger partial charge in [-0.1, -0.05) is 48.5 Å². The van der Waals surface area contributed by atoms with E-state index in [0.29, 0.717) is 16.8 Å². The molecule has 144 valence electrons. The summed E-state index contributed by atoms with van der Waals surface area (Å²) >= 11 is 0. The van der Waals surface area contributed by atoms with E-state index in [1.807, 2.05) is 6.07 Å². The predicted octanol–water partition coefficient (Wildman–Crippen LogP) is 3.10. The zero-order valence-electron chi connectivity index (χ0n) is 15.4. The number of hydrogen-bond donors (Lipinski definition) is 3. The van der Waals surface area contributed by atoms with Crippen LogP contribution in [-0.2, 0) is 9.53 Å². The van der Waals surface area contributed by atoms with E-state index in [0.717, 1.165) is 0 Å². The molecule has 3 N–H and O–H groups in total. The normalized spacial score (nSPS) is 16.4. The van der Waals surface area contributed by atoms with E-state index in [2.05, 4.69) is 10.6 Å². The average Bonchev–Trinajstić information content (AvgIpc) is 2.67. The summed E-state index contributed by atoms with van der Waals surface area (Å²) in [5.74, 6) is -1.78. The second kappa shape index (κ2) is 7.96. The van der Waals surface area contributed by atoms with Crippen molar-refractivity contribution in [1.82, 2.24) is 10.6 Å². The first kappa shape index (κ1) is 19.2. The summed E-state index contributed by atoms with van der Waals surface area (Å²) in [6, 6.07) is 13.6. The summed E-state index contributed by atoms with van der Waals surface area (Å²) in [4.78, 5) is 37.0. The maximum atomic E-state index is 12.9. The van der Waals surface area contributed by atoms with E-state index >= 15 is 0 Å². The molecule has 0 saturated carbocycles. The number of benzene rings is 2. The van der Waals surface area contributed by atoms with Gasteiger partial charge in [0.05, 0.1) is 29.0 Å². The number of carbonyl (C=O) groups excluding carboxylic acids is 2. The largest absolute Gasteiger partial charge is 0.478 e. The van der Waals surface area contributed by atoms with E-state index < -0.39 is 24.0 Å². The van der Waals surface area contributed by atoms with Gasteiger partial charge >= 0.3 is 18.0 Å². The fraction of sp³-hybridized carbons (Fsp3) is 0.190. The van der Waals surface area contributed by atoms with Crippen LogP contribution in [-0.4, -0.2) is 29.2 Å². The summed E-state index contributed by atoms with van der Waals surface area (Å²) in [5, 5.41) is 14.9. The number of carbonyl (C=O) groups is 3. The smallest absolute Gasteiger partial charge is 0.338 e. The maximum absolute atomic E-state index is 12.9. The lowest BCUT2D eigenvalue weighted by molar-refractivity contribution is -0.143. The van der Waals surface area contributed by atoms with Gasteiger partial charge in [-0.25, -0.2) is 14.4 Å². The number of ether oxygens (including phenoxy) is 1.